The Morgan fingerprint density at radius 3 is 2.53 bits per heavy atom. The van der Waals surface area contributed by atoms with E-state index in [0.717, 1.165) is 12.8 Å². The van der Waals surface area contributed by atoms with Crippen molar-refractivity contribution in [1.82, 2.24) is 25.9 Å². The summed E-state index contributed by atoms with van der Waals surface area (Å²) in [6.07, 6.45) is 9.10. The van der Waals surface area contributed by atoms with Crippen LogP contribution in [-0.4, -0.2) is 26.5 Å². The van der Waals surface area contributed by atoms with Gasteiger partial charge >= 0.3 is 0 Å². The van der Waals surface area contributed by atoms with E-state index in [-0.39, 0.29) is 11.9 Å². The van der Waals surface area contributed by atoms with E-state index in [9.17, 15) is 4.79 Å². The smallest absolute Gasteiger partial charge is 0.220 e. The summed E-state index contributed by atoms with van der Waals surface area (Å²) in [5.41, 5.74) is 0. The first-order chi connectivity index (χ1) is 9.24. The fourth-order valence-electron chi connectivity index (χ4n) is 1.97. The predicted octanol–water partition coefficient (Wildman–Crippen LogP) is 2.52. The molecule has 1 heterocycles. The molecule has 1 atom stereocenters. The summed E-state index contributed by atoms with van der Waals surface area (Å²) < 4.78 is 0. The minimum atomic E-state index is -0.184. The highest BCUT2D eigenvalue weighted by Crippen LogP contribution is 2.09. The Labute approximate surface area is 114 Å². The molecule has 108 valence electrons. The number of aromatic amines is 1. The SMILES string of the molecule is CCCCCCCCCC(=O)NC(C)c1nn[nH]n1. The van der Waals surface area contributed by atoms with E-state index in [4.69, 9.17) is 0 Å². The van der Waals surface area contributed by atoms with Gasteiger partial charge in [-0.05, 0) is 13.3 Å². The number of hydrogen-bond donors (Lipinski definition) is 2. The van der Waals surface area contributed by atoms with Gasteiger partial charge in [-0.2, -0.15) is 5.21 Å². The maximum Gasteiger partial charge on any atom is 0.220 e. The third kappa shape index (κ3) is 6.88. The van der Waals surface area contributed by atoms with Crippen LogP contribution in [0.2, 0.25) is 0 Å². The third-order valence-electron chi connectivity index (χ3n) is 3.13. The Bertz CT molecular complexity index is 339. The first-order valence-corrected chi connectivity index (χ1v) is 7.26. The molecular weight excluding hydrogens is 242 g/mol. The molecule has 6 heteroatoms. The number of rotatable bonds is 10. The van der Waals surface area contributed by atoms with E-state index < -0.39 is 0 Å². The lowest BCUT2D eigenvalue weighted by Gasteiger charge is -2.09. The van der Waals surface area contributed by atoms with Crippen molar-refractivity contribution < 1.29 is 4.79 Å². The summed E-state index contributed by atoms with van der Waals surface area (Å²) in [7, 11) is 0. The van der Waals surface area contributed by atoms with Crippen LogP contribution in [0.3, 0.4) is 0 Å². The van der Waals surface area contributed by atoms with Crippen LogP contribution in [0.1, 0.15) is 77.1 Å². The van der Waals surface area contributed by atoms with Gasteiger partial charge in [-0.25, -0.2) is 0 Å². The molecule has 0 saturated heterocycles. The van der Waals surface area contributed by atoms with Crippen LogP contribution in [0, 0.1) is 0 Å². The molecule has 0 saturated carbocycles. The lowest BCUT2D eigenvalue weighted by atomic mass is 10.1. The van der Waals surface area contributed by atoms with Crippen molar-refractivity contribution in [1.29, 1.82) is 0 Å². The van der Waals surface area contributed by atoms with Crippen LogP contribution >= 0.6 is 0 Å². The van der Waals surface area contributed by atoms with Gasteiger partial charge in [0.2, 0.25) is 5.91 Å². The van der Waals surface area contributed by atoms with E-state index in [1.807, 2.05) is 6.92 Å². The largest absolute Gasteiger partial charge is 0.346 e. The molecule has 1 unspecified atom stereocenters. The first-order valence-electron chi connectivity index (χ1n) is 7.26. The maximum atomic E-state index is 11.7. The van der Waals surface area contributed by atoms with Crippen molar-refractivity contribution in [2.75, 3.05) is 0 Å². The summed E-state index contributed by atoms with van der Waals surface area (Å²) >= 11 is 0. The summed E-state index contributed by atoms with van der Waals surface area (Å²) in [6.45, 7) is 4.07. The first kappa shape index (κ1) is 15.6. The summed E-state index contributed by atoms with van der Waals surface area (Å²) in [5, 5.41) is 16.4. The van der Waals surface area contributed by atoms with E-state index in [2.05, 4.69) is 32.9 Å². The van der Waals surface area contributed by atoms with Gasteiger partial charge in [0.25, 0.3) is 0 Å². The molecule has 1 aromatic rings. The van der Waals surface area contributed by atoms with E-state index in [1.165, 1.54) is 32.1 Å². The Morgan fingerprint density at radius 1 is 1.21 bits per heavy atom. The molecule has 0 aliphatic heterocycles. The molecule has 6 nitrogen and oxygen atoms in total. The summed E-state index contributed by atoms with van der Waals surface area (Å²) in [6, 6.07) is -0.184. The van der Waals surface area contributed by atoms with Gasteiger partial charge in [0, 0.05) is 6.42 Å². The fourth-order valence-corrected chi connectivity index (χ4v) is 1.97. The van der Waals surface area contributed by atoms with E-state index >= 15 is 0 Å². The van der Waals surface area contributed by atoms with Crippen molar-refractivity contribution >= 4 is 5.91 Å². The van der Waals surface area contributed by atoms with E-state index in [0.29, 0.717) is 12.2 Å². The lowest BCUT2D eigenvalue weighted by molar-refractivity contribution is -0.121. The van der Waals surface area contributed by atoms with Crippen molar-refractivity contribution in [2.45, 2.75) is 71.3 Å². The molecule has 19 heavy (non-hydrogen) atoms. The van der Waals surface area contributed by atoms with Crippen LogP contribution in [0.5, 0.6) is 0 Å². The highest BCUT2D eigenvalue weighted by atomic mass is 16.1. The molecule has 0 spiro atoms. The average Bonchev–Trinajstić information content (AvgIpc) is 2.91. The van der Waals surface area contributed by atoms with Crippen molar-refractivity contribution in [2.24, 2.45) is 0 Å². The quantitative estimate of drug-likeness (QED) is 0.638. The Morgan fingerprint density at radius 2 is 1.89 bits per heavy atom. The van der Waals surface area contributed by atoms with Gasteiger partial charge in [-0.1, -0.05) is 50.7 Å². The number of aromatic nitrogens is 4. The summed E-state index contributed by atoms with van der Waals surface area (Å²) in [4.78, 5) is 11.7. The fraction of sp³-hybridized carbons (Fsp3) is 0.846. The number of unbranched alkanes of at least 4 members (excludes halogenated alkanes) is 6. The molecule has 1 aromatic heterocycles. The monoisotopic (exact) mass is 267 g/mol. The van der Waals surface area contributed by atoms with Gasteiger partial charge in [-0.3, -0.25) is 4.79 Å². The highest BCUT2D eigenvalue weighted by Gasteiger charge is 2.12. The van der Waals surface area contributed by atoms with Gasteiger partial charge < -0.3 is 5.32 Å². The second kappa shape index (κ2) is 9.47. The van der Waals surface area contributed by atoms with Crippen molar-refractivity contribution in [3.63, 3.8) is 0 Å². The standard InChI is InChI=1S/C13H25N5O/c1-3-4-5-6-7-8-9-10-12(19)14-11(2)13-15-17-18-16-13/h11H,3-10H2,1-2H3,(H,14,19)(H,15,16,17,18). The van der Waals surface area contributed by atoms with Crippen LogP contribution in [0.15, 0.2) is 0 Å². The number of amides is 1. The molecule has 0 bridgehead atoms. The molecule has 2 N–H and O–H groups in total. The number of hydrogen-bond acceptors (Lipinski definition) is 4. The molecule has 0 aromatic carbocycles. The van der Waals surface area contributed by atoms with Gasteiger partial charge in [0.05, 0.1) is 6.04 Å². The number of carbonyl (C=O) groups excluding carboxylic acids is 1. The minimum Gasteiger partial charge on any atom is -0.346 e. The molecule has 1 rings (SSSR count). The number of carbonyl (C=O) groups is 1. The third-order valence-corrected chi connectivity index (χ3v) is 3.13. The predicted molar refractivity (Wildman–Crippen MR) is 73.3 cm³/mol. The van der Waals surface area contributed by atoms with Gasteiger partial charge in [0.1, 0.15) is 0 Å². The van der Waals surface area contributed by atoms with Crippen molar-refractivity contribution in [3.05, 3.63) is 5.82 Å². The zero-order chi connectivity index (χ0) is 13.9. The molecular formula is C13H25N5O. The molecule has 0 aliphatic rings. The van der Waals surface area contributed by atoms with Crippen LogP contribution in [-0.2, 0) is 4.79 Å². The topological polar surface area (TPSA) is 83.6 Å². The van der Waals surface area contributed by atoms with Crippen molar-refractivity contribution in [3.8, 4) is 0 Å². The maximum absolute atomic E-state index is 11.7. The summed E-state index contributed by atoms with van der Waals surface area (Å²) in [5.74, 6) is 0.582. The van der Waals surface area contributed by atoms with Crippen LogP contribution in [0.25, 0.3) is 0 Å². The van der Waals surface area contributed by atoms with Gasteiger partial charge in [-0.15, -0.1) is 10.2 Å². The Balaban J connectivity index is 2.02. The van der Waals surface area contributed by atoms with Gasteiger partial charge in [0.15, 0.2) is 5.82 Å². The van der Waals surface area contributed by atoms with E-state index in [1.54, 1.807) is 0 Å². The van der Waals surface area contributed by atoms with Crippen LogP contribution in [0.4, 0.5) is 0 Å². The number of tetrazole rings is 1. The number of nitrogens with zero attached hydrogens (tertiary/aromatic N) is 3. The Kier molecular flexibility index (Phi) is 7.77. The minimum absolute atomic E-state index is 0.0610. The number of nitrogens with one attached hydrogen (secondary N) is 2. The highest BCUT2D eigenvalue weighted by molar-refractivity contribution is 5.76. The van der Waals surface area contributed by atoms with Crippen LogP contribution < -0.4 is 5.32 Å². The second-order valence-corrected chi connectivity index (χ2v) is 4.93. The molecule has 0 aliphatic carbocycles. The Hall–Kier alpha value is -1.46. The normalized spacial score (nSPS) is 12.3. The molecule has 0 radical (unpaired) electrons. The zero-order valence-electron chi connectivity index (χ0n) is 12.0. The average molecular weight is 267 g/mol. The lowest BCUT2D eigenvalue weighted by Crippen LogP contribution is -2.27. The molecule has 0 fully saturated rings. The second-order valence-electron chi connectivity index (χ2n) is 4.93. The number of H-pyrrole nitrogens is 1. The zero-order valence-corrected chi connectivity index (χ0v) is 12.0. The molecule has 1 amide bonds.